The van der Waals surface area contributed by atoms with Crippen LogP contribution in [0, 0.1) is 3.77 Å². The van der Waals surface area contributed by atoms with Crippen LogP contribution in [0.2, 0.25) is 5.02 Å². The van der Waals surface area contributed by atoms with E-state index in [2.05, 4.69) is 27.9 Å². The average molecular weight is 364 g/mol. The molecular formula is C12H11ClINO2. The Balaban J connectivity index is 2.07. The lowest BCUT2D eigenvalue weighted by atomic mass is 10.3. The Kier molecular flexibility index (Phi) is 4.17. The zero-order valence-corrected chi connectivity index (χ0v) is 12.1. The highest BCUT2D eigenvalue weighted by Crippen LogP contribution is 2.27. The lowest BCUT2D eigenvalue weighted by Gasteiger charge is -2.08. The maximum absolute atomic E-state index is 6.07. The van der Waals surface area contributed by atoms with Crippen LogP contribution in [0.25, 0.3) is 0 Å². The van der Waals surface area contributed by atoms with Gasteiger partial charge in [0.05, 0.1) is 24.4 Å². The second kappa shape index (κ2) is 5.64. The fourth-order valence-electron chi connectivity index (χ4n) is 1.40. The SMILES string of the molecule is COc1ccc(Cl)c(NCc2ccc(I)o2)c1. The summed E-state index contributed by atoms with van der Waals surface area (Å²) in [7, 11) is 1.63. The molecule has 17 heavy (non-hydrogen) atoms. The fourth-order valence-corrected chi connectivity index (χ4v) is 2.04. The quantitative estimate of drug-likeness (QED) is 0.828. The van der Waals surface area contributed by atoms with E-state index in [1.807, 2.05) is 24.3 Å². The topological polar surface area (TPSA) is 34.4 Å². The van der Waals surface area contributed by atoms with E-state index < -0.39 is 0 Å². The summed E-state index contributed by atoms with van der Waals surface area (Å²) >= 11 is 8.21. The second-order valence-electron chi connectivity index (χ2n) is 3.41. The van der Waals surface area contributed by atoms with Crippen molar-refractivity contribution < 1.29 is 9.15 Å². The van der Waals surface area contributed by atoms with Gasteiger partial charge in [-0.2, -0.15) is 0 Å². The normalized spacial score (nSPS) is 10.3. The summed E-state index contributed by atoms with van der Waals surface area (Å²) in [6.45, 7) is 0.593. The molecule has 0 aliphatic carbocycles. The molecule has 1 aromatic carbocycles. The van der Waals surface area contributed by atoms with Crippen LogP contribution in [-0.4, -0.2) is 7.11 Å². The van der Waals surface area contributed by atoms with Gasteiger partial charge in [-0.15, -0.1) is 0 Å². The van der Waals surface area contributed by atoms with Crippen LogP contribution < -0.4 is 10.1 Å². The number of nitrogens with one attached hydrogen (secondary N) is 1. The van der Waals surface area contributed by atoms with Gasteiger partial charge in [-0.3, -0.25) is 0 Å². The van der Waals surface area contributed by atoms with Crippen molar-refractivity contribution in [2.24, 2.45) is 0 Å². The Bertz CT molecular complexity index is 513. The van der Waals surface area contributed by atoms with Crippen molar-refractivity contribution in [3.63, 3.8) is 0 Å². The van der Waals surface area contributed by atoms with E-state index in [4.69, 9.17) is 20.8 Å². The van der Waals surface area contributed by atoms with Crippen LogP contribution in [0.5, 0.6) is 5.75 Å². The lowest BCUT2D eigenvalue weighted by Crippen LogP contribution is -1.99. The molecule has 0 aliphatic heterocycles. The lowest BCUT2D eigenvalue weighted by molar-refractivity contribution is 0.415. The number of rotatable bonds is 4. The van der Waals surface area contributed by atoms with Crippen molar-refractivity contribution in [1.82, 2.24) is 0 Å². The number of benzene rings is 1. The van der Waals surface area contributed by atoms with Gasteiger partial charge in [-0.25, -0.2) is 0 Å². The van der Waals surface area contributed by atoms with Crippen molar-refractivity contribution in [2.45, 2.75) is 6.54 Å². The van der Waals surface area contributed by atoms with Crippen molar-refractivity contribution in [2.75, 3.05) is 12.4 Å². The monoisotopic (exact) mass is 363 g/mol. The Morgan fingerprint density at radius 1 is 1.35 bits per heavy atom. The summed E-state index contributed by atoms with van der Waals surface area (Å²) in [4.78, 5) is 0. The van der Waals surface area contributed by atoms with Gasteiger partial charge < -0.3 is 14.5 Å². The minimum Gasteiger partial charge on any atom is -0.497 e. The number of furan rings is 1. The van der Waals surface area contributed by atoms with E-state index in [-0.39, 0.29) is 0 Å². The van der Waals surface area contributed by atoms with Gasteiger partial charge in [0, 0.05) is 6.07 Å². The molecule has 0 saturated carbocycles. The fraction of sp³-hybridized carbons (Fsp3) is 0.167. The van der Waals surface area contributed by atoms with Crippen LogP contribution in [0.15, 0.2) is 34.7 Å². The molecule has 2 rings (SSSR count). The Morgan fingerprint density at radius 2 is 2.18 bits per heavy atom. The van der Waals surface area contributed by atoms with Gasteiger partial charge in [0.15, 0.2) is 3.77 Å². The van der Waals surface area contributed by atoms with Crippen LogP contribution in [-0.2, 0) is 6.54 Å². The smallest absolute Gasteiger partial charge is 0.164 e. The summed E-state index contributed by atoms with van der Waals surface area (Å²) in [5.74, 6) is 1.64. The van der Waals surface area contributed by atoms with Gasteiger partial charge in [0.25, 0.3) is 0 Å². The predicted molar refractivity (Wildman–Crippen MR) is 76.8 cm³/mol. The second-order valence-corrected chi connectivity index (χ2v) is 4.88. The molecule has 0 aliphatic rings. The first-order chi connectivity index (χ1) is 8.19. The first-order valence-electron chi connectivity index (χ1n) is 5.00. The molecule has 90 valence electrons. The summed E-state index contributed by atoms with van der Waals surface area (Å²) in [6.07, 6.45) is 0. The van der Waals surface area contributed by atoms with E-state index in [0.717, 1.165) is 21.0 Å². The number of methoxy groups -OCH3 is 1. The summed E-state index contributed by atoms with van der Waals surface area (Å²) in [5.41, 5.74) is 0.831. The molecule has 2 aromatic rings. The molecule has 1 heterocycles. The van der Waals surface area contributed by atoms with E-state index in [9.17, 15) is 0 Å². The molecule has 1 N–H and O–H groups in total. The largest absolute Gasteiger partial charge is 0.497 e. The zero-order chi connectivity index (χ0) is 12.3. The highest BCUT2D eigenvalue weighted by atomic mass is 127. The van der Waals surface area contributed by atoms with E-state index in [1.54, 1.807) is 13.2 Å². The third-order valence-electron chi connectivity index (χ3n) is 2.26. The molecule has 0 spiro atoms. The Morgan fingerprint density at radius 3 is 2.82 bits per heavy atom. The van der Waals surface area contributed by atoms with Crippen LogP contribution in [0.4, 0.5) is 5.69 Å². The van der Waals surface area contributed by atoms with E-state index >= 15 is 0 Å². The maximum atomic E-state index is 6.07. The molecule has 0 atom stereocenters. The van der Waals surface area contributed by atoms with E-state index in [1.165, 1.54) is 0 Å². The van der Waals surface area contributed by atoms with Gasteiger partial charge in [-0.05, 0) is 46.9 Å². The standard InChI is InChI=1S/C12H11ClINO2/c1-16-8-2-4-10(13)11(6-8)15-7-9-3-5-12(14)17-9/h2-6,15H,7H2,1H3. The van der Waals surface area contributed by atoms with Gasteiger partial charge in [0.2, 0.25) is 0 Å². The molecule has 0 amide bonds. The number of hydrogen-bond acceptors (Lipinski definition) is 3. The minimum absolute atomic E-state index is 0.593. The molecule has 0 fully saturated rings. The predicted octanol–water partition coefficient (Wildman–Crippen LogP) is 4.16. The highest BCUT2D eigenvalue weighted by Gasteiger charge is 2.04. The molecule has 0 bridgehead atoms. The first-order valence-corrected chi connectivity index (χ1v) is 6.46. The zero-order valence-electron chi connectivity index (χ0n) is 9.17. The van der Waals surface area contributed by atoms with E-state index in [0.29, 0.717) is 11.6 Å². The van der Waals surface area contributed by atoms with Gasteiger partial charge in [0.1, 0.15) is 11.5 Å². The number of ether oxygens (including phenoxy) is 1. The van der Waals surface area contributed by atoms with Crippen molar-refractivity contribution >= 4 is 39.9 Å². The molecule has 5 heteroatoms. The maximum Gasteiger partial charge on any atom is 0.164 e. The molecular weight excluding hydrogens is 352 g/mol. The average Bonchev–Trinajstić information content (AvgIpc) is 2.74. The summed E-state index contributed by atoms with van der Waals surface area (Å²) in [5, 5.41) is 3.87. The Hall–Kier alpha value is -0.880. The van der Waals surface area contributed by atoms with Crippen molar-refractivity contribution in [3.8, 4) is 5.75 Å². The third kappa shape index (κ3) is 3.29. The summed E-state index contributed by atoms with van der Waals surface area (Å²) in [6, 6.07) is 9.34. The minimum atomic E-state index is 0.593. The molecule has 3 nitrogen and oxygen atoms in total. The first kappa shape index (κ1) is 12.6. The molecule has 0 radical (unpaired) electrons. The Labute approximate surface area is 118 Å². The van der Waals surface area contributed by atoms with Gasteiger partial charge in [-0.1, -0.05) is 11.6 Å². The van der Waals surface area contributed by atoms with Crippen LogP contribution in [0.3, 0.4) is 0 Å². The number of hydrogen-bond donors (Lipinski definition) is 1. The van der Waals surface area contributed by atoms with Crippen LogP contribution >= 0.6 is 34.2 Å². The highest BCUT2D eigenvalue weighted by molar-refractivity contribution is 14.1. The number of anilines is 1. The third-order valence-corrected chi connectivity index (χ3v) is 3.16. The summed E-state index contributed by atoms with van der Waals surface area (Å²) < 4.78 is 11.5. The van der Waals surface area contributed by atoms with Gasteiger partial charge >= 0.3 is 0 Å². The molecule has 0 saturated heterocycles. The van der Waals surface area contributed by atoms with Crippen LogP contribution in [0.1, 0.15) is 5.76 Å². The van der Waals surface area contributed by atoms with Crippen molar-refractivity contribution in [3.05, 3.63) is 44.9 Å². The molecule has 0 unspecified atom stereocenters. The number of halogens is 2. The molecule has 1 aromatic heterocycles. The van der Waals surface area contributed by atoms with Crippen molar-refractivity contribution in [1.29, 1.82) is 0 Å².